The molecular formula is C14H18N2O3. The third kappa shape index (κ3) is 1.99. The van der Waals surface area contributed by atoms with E-state index >= 15 is 0 Å². The highest BCUT2D eigenvalue weighted by Gasteiger charge is 2.32. The molecule has 1 aromatic rings. The summed E-state index contributed by atoms with van der Waals surface area (Å²) < 4.78 is 10.8. The lowest BCUT2D eigenvalue weighted by Crippen LogP contribution is -2.47. The number of amides is 1. The van der Waals surface area contributed by atoms with Crippen LogP contribution in [0.3, 0.4) is 0 Å². The van der Waals surface area contributed by atoms with Crippen molar-refractivity contribution < 1.29 is 14.3 Å². The van der Waals surface area contributed by atoms with Crippen LogP contribution < -0.4 is 19.7 Å². The molecule has 0 aliphatic carbocycles. The van der Waals surface area contributed by atoms with Gasteiger partial charge >= 0.3 is 0 Å². The second kappa shape index (κ2) is 4.33. The number of benzene rings is 1. The molecule has 1 amide bonds. The minimum Gasteiger partial charge on any atom is -0.454 e. The number of ether oxygens (including phenoxy) is 2. The van der Waals surface area contributed by atoms with Crippen molar-refractivity contribution >= 4 is 17.3 Å². The standard InChI is InChI=1S/C14H18N2O3/c1-8(2)6-16-11-5-13-12(18-7-19-13)4-10(11)15-9(3)14(16)17/h4-5,8-9,15H,6-7H2,1-3H3. The molecule has 0 saturated heterocycles. The third-order valence-electron chi connectivity index (χ3n) is 3.34. The van der Waals surface area contributed by atoms with E-state index in [1.807, 2.05) is 24.0 Å². The Kier molecular flexibility index (Phi) is 2.77. The van der Waals surface area contributed by atoms with Crippen LogP contribution >= 0.6 is 0 Å². The molecule has 1 unspecified atom stereocenters. The van der Waals surface area contributed by atoms with Crippen molar-refractivity contribution in [2.75, 3.05) is 23.6 Å². The molecule has 0 aromatic heterocycles. The van der Waals surface area contributed by atoms with Crippen LogP contribution in [0.5, 0.6) is 11.5 Å². The topological polar surface area (TPSA) is 50.8 Å². The van der Waals surface area contributed by atoms with Gasteiger partial charge in [-0.3, -0.25) is 4.79 Å². The Bertz CT molecular complexity index is 528. The van der Waals surface area contributed by atoms with Crippen LogP contribution in [0.15, 0.2) is 12.1 Å². The summed E-state index contributed by atoms with van der Waals surface area (Å²) >= 11 is 0. The van der Waals surface area contributed by atoms with Gasteiger partial charge in [-0.1, -0.05) is 13.8 Å². The first-order valence-electron chi connectivity index (χ1n) is 6.58. The van der Waals surface area contributed by atoms with Gasteiger partial charge in [-0.05, 0) is 12.8 Å². The van der Waals surface area contributed by atoms with Gasteiger partial charge in [0.25, 0.3) is 0 Å². The molecule has 0 fully saturated rings. The van der Waals surface area contributed by atoms with E-state index in [-0.39, 0.29) is 18.7 Å². The molecule has 5 heteroatoms. The lowest BCUT2D eigenvalue weighted by molar-refractivity contribution is -0.119. The molecule has 1 N–H and O–H groups in total. The molecule has 5 nitrogen and oxygen atoms in total. The van der Waals surface area contributed by atoms with Gasteiger partial charge in [0, 0.05) is 18.7 Å². The van der Waals surface area contributed by atoms with Crippen LogP contribution in [0.25, 0.3) is 0 Å². The number of nitrogens with one attached hydrogen (secondary N) is 1. The molecule has 3 rings (SSSR count). The second-order valence-electron chi connectivity index (χ2n) is 5.43. The van der Waals surface area contributed by atoms with Crippen molar-refractivity contribution in [2.24, 2.45) is 5.92 Å². The van der Waals surface area contributed by atoms with E-state index < -0.39 is 0 Å². The molecule has 1 aromatic carbocycles. The molecule has 2 aliphatic heterocycles. The average Bonchev–Trinajstić information content (AvgIpc) is 2.79. The lowest BCUT2D eigenvalue weighted by atomic mass is 10.1. The van der Waals surface area contributed by atoms with Gasteiger partial charge < -0.3 is 19.7 Å². The first-order chi connectivity index (χ1) is 9.06. The fourth-order valence-electron chi connectivity index (χ4n) is 2.47. The molecule has 0 radical (unpaired) electrons. The predicted octanol–water partition coefficient (Wildman–Crippen LogP) is 2.22. The SMILES string of the molecule is CC(C)CN1C(=O)C(C)Nc2cc3c(cc21)OCO3. The summed E-state index contributed by atoms with van der Waals surface area (Å²) in [6.45, 7) is 7.03. The smallest absolute Gasteiger partial charge is 0.249 e. The van der Waals surface area contributed by atoms with E-state index in [0.717, 1.165) is 17.1 Å². The van der Waals surface area contributed by atoms with Gasteiger partial charge in [-0.2, -0.15) is 0 Å². The fraction of sp³-hybridized carbons (Fsp3) is 0.500. The van der Waals surface area contributed by atoms with Crippen LogP contribution in [0.4, 0.5) is 11.4 Å². The number of nitrogens with zero attached hydrogens (tertiary/aromatic N) is 1. The first kappa shape index (κ1) is 12.1. The first-order valence-corrected chi connectivity index (χ1v) is 6.58. The largest absolute Gasteiger partial charge is 0.454 e. The van der Waals surface area contributed by atoms with Crippen LogP contribution in [-0.4, -0.2) is 25.3 Å². The van der Waals surface area contributed by atoms with Gasteiger partial charge in [-0.15, -0.1) is 0 Å². The number of rotatable bonds is 2. The minimum absolute atomic E-state index is 0.0973. The Balaban J connectivity index is 2.05. The Morgan fingerprint density at radius 1 is 1.37 bits per heavy atom. The van der Waals surface area contributed by atoms with Crippen molar-refractivity contribution in [1.82, 2.24) is 0 Å². The zero-order chi connectivity index (χ0) is 13.6. The molecule has 19 heavy (non-hydrogen) atoms. The van der Waals surface area contributed by atoms with E-state index in [9.17, 15) is 4.79 Å². The van der Waals surface area contributed by atoms with Crippen LogP contribution in [0.1, 0.15) is 20.8 Å². The summed E-state index contributed by atoms with van der Waals surface area (Å²) in [5, 5.41) is 3.22. The van der Waals surface area contributed by atoms with E-state index in [4.69, 9.17) is 9.47 Å². The molecular weight excluding hydrogens is 244 g/mol. The second-order valence-corrected chi connectivity index (χ2v) is 5.43. The van der Waals surface area contributed by atoms with Gasteiger partial charge in [0.2, 0.25) is 12.7 Å². The Morgan fingerprint density at radius 2 is 2.05 bits per heavy atom. The molecule has 0 saturated carbocycles. The molecule has 0 bridgehead atoms. The van der Waals surface area contributed by atoms with Gasteiger partial charge in [-0.25, -0.2) is 0 Å². The highest BCUT2D eigenvalue weighted by atomic mass is 16.7. The molecule has 0 spiro atoms. The predicted molar refractivity (Wildman–Crippen MR) is 72.8 cm³/mol. The molecule has 1 atom stereocenters. The zero-order valence-electron chi connectivity index (χ0n) is 11.4. The number of hydrogen-bond donors (Lipinski definition) is 1. The number of carbonyl (C=O) groups excluding carboxylic acids is 1. The normalized spacial score (nSPS) is 20.5. The van der Waals surface area contributed by atoms with Crippen molar-refractivity contribution in [3.63, 3.8) is 0 Å². The number of anilines is 2. The lowest BCUT2D eigenvalue weighted by Gasteiger charge is -2.35. The number of fused-ring (bicyclic) bond motifs is 2. The summed E-state index contributed by atoms with van der Waals surface area (Å²) in [4.78, 5) is 14.2. The minimum atomic E-state index is -0.216. The highest BCUT2D eigenvalue weighted by Crippen LogP contribution is 2.43. The maximum Gasteiger partial charge on any atom is 0.249 e. The summed E-state index contributed by atoms with van der Waals surface area (Å²) in [7, 11) is 0. The Morgan fingerprint density at radius 3 is 2.74 bits per heavy atom. The van der Waals surface area contributed by atoms with Crippen molar-refractivity contribution in [3.05, 3.63) is 12.1 Å². The monoisotopic (exact) mass is 262 g/mol. The third-order valence-corrected chi connectivity index (χ3v) is 3.34. The van der Waals surface area contributed by atoms with Crippen molar-refractivity contribution in [2.45, 2.75) is 26.8 Å². The maximum absolute atomic E-state index is 12.3. The molecule has 2 heterocycles. The van der Waals surface area contributed by atoms with Gasteiger partial charge in [0.05, 0.1) is 11.4 Å². The zero-order valence-corrected chi connectivity index (χ0v) is 11.4. The van der Waals surface area contributed by atoms with E-state index in [2.05, 4.69) is 19.2 Å². The fourth-order valence-corrected chi connectivity index (χ4v) is 2.47. The van der Waals surface area contributed by atoms with Crippen LogP contribution in [0, 0.1) is 5.92 Å². The molecule has 2 aliphatic rings. The van der Waals surface area contributed by atoms with E-state index in [1.165, 1.54) is 0 Å². The van der Waals surface area contributed by atoms with Crippen LogP contribution in [-0.2, 0) is 4.79 Å². The maximum atomic E-state index is 12.3. The number of hydrogen-bond acceptors (Lipinski definition) is 4. The summed E-state index contributed by atoms with van der Waals surface area (Å²) in [6, 6.07) is 3.58. The molecule has 102 valence electrons. The Hall–Kier alpha value is -1.91. The Labute approximate surface area is 112 Å². The highest BCUT2D eigenvalue weighted by molar-refractivity contribution is 6.05. The van der Waals surface area contributed by atoms with Crippen molar-refractivity contribution in [3.8, 4) is 11.5 Å². The summed E-state index contributed by atoms with van der Waals surface area (Å²) in [5.41, 5.74) is 1.80. The van der Waals surface area contributed by atoms with E-state index in [0.29, 0.717) is 18.2 Å². The van der Waals surface area contributed by atoms with E-state index in [1.54, 1.807) is 0 Å². The number of carbonyl (C=O) groups is 1. The van der Waals surface area contributed by atoms with Crippen molar-refractivity contribution in [1.29, 1.82) is 0 Å². The quantitative estimate of drug-likeness (QED) is 0.888. The summed E-state index contributed by atoms with van der Waals surface area (Å²) in [6.07, 6.45) is 0. The van der Waals surface area contributed by atoms with Gasteiger partial charge in [0.15, 0.2) is 11.5 Å². The van der Waals surface area contributed by atoms with Gasteiger partial charge in [0.1, 0.15) is 6.04 Å². The average molecular weight is 262 g/mol. The summed E-state index contributed by atoms with van der Waals surface area (Å²) in [5.74, 6) is 1.95. The van der Waals surface area contributed by atoms with Crippen LogP contribution in [0.2, 0.25) is 0 Å².